The molecule has 4 heteroatoms. The van der Waals surface area contributed by atoms with Crippen LogP contribution in [0.1, 0.15) is 17.9 Å². The van der Waals surface area contributed by atoms with Gasteiger partial charge >= 0.3 is 0 Å². The van der Waals surface area contributed by atoms with E-state index >= 15 is 0 Å². The van der Waals surface area contributed by atoms with Gasteiger partial charge < -0.3 is 15.4 Å². The first-order valence-corrected chi connectivity index (χ1v) is 7.56. The van der Waals surface area contributed by atoms with Gasteiger partial charge in [0.2, 0.25) is 0 Å². The van der Waals surface area contributed by atoms with Crippen molar-refractivity contribution in [1.82, 2.24) is 0 Å². The van der Waals surface area contributed by atoms with Crippen molar-refractivity contribution >= 4 is 5.69 Å². The quantitative estimate of drug-likeness (QED) is 0.946. The van der Waals surface area contributed by atoms with Crippen LogP contribution in [0.25, 0.3) is 0 Å². The fourth-order valence-electron chi connectivity index (χ4n) is 3.12. The van der Waals surface area contributed by atoms with Gasteiger partial charge in [0.25, 0.3) is 0 Å². The zero-order valence-corrected chi connectivity index (χ0v) is 12.7. The van der Waals surface area contributed by atoms with Crippen molar-refractivity contribution < 1.29 is 9.13 Å². The summed E-state index contributed by atoms with van der Waals surface area (Å²) in [6, 6.07) is 14.9. The first-order chi connectivity index (χ1) is 10.7. The lowest BCUT2D eigenvalue weighted by atomic mass is 9.88. The van der Waals surface area contributed by atoms with E-state index in [2.05, 4.69) is 17.0 Å². The van der Waals surface area contributed by atoms with E-state index in [0.717, 1.165) is 30.9 Å². The summed E-state index contributed by atoms with van der Waals surface area (Å²) in [6.45, 7) is 1.70. The van der Waals surface area contributed by atoms with Crippen LogP contribution < -0.4 is 15.4 Å². The Morgan fingerprint density at radius 1 is 1.05 bits per heavy atom. The highest BCUT2D eigenvalue weighted by Gasteiger charge is 2.26. The highest BCUT2D eigenvalue weighted by molar-refractivity contribution is 5.48. The van der Waals surface area contributed by atoms with E-state index in [4.69, 9.17) is 10.5 Å². The predicted octanol–water partition coefficient (Wildman–Crippen LogP) is 3.16. The lowest BCUT2D eigenvalue weighted by Gasteiger charge is -2.38. The maximum absolute atomic E-state index is 13.1. The second-order valence-electron chi connectivity index (χ2n) is 5.85. The number of halogens is 1. The van der Waals surface area contributed by atoms with E-state index in [1.54, 1.807) is 7.11 Å². The largest absolute Gasteiger partial charge is 0.497 e. The Kier molecular flexibility index (Phi) is 4.29. The molecule has 0 aromatic heterocycles. The van der Waals surface area contributed by atoms with Crippen molar-refractivity contribution in [3.63, 3.8) is 0 Å². The fourth-order valence-corrected chi connectivity index (χ4v) is 3.12. The zero-order valence-electron chi connectivity index (χ0n) is 12.7. The molecule has 3 nitrogen and oxygen atoms in total. The third-order valence-corrected chi connectivity index (χ3v) is 4.26. The van der Waals surface area contributed by atoms with E-state index in [0.29, 0.717) is 5.92 Å². The normalized spacial score (nSPS) is 21.7. The van der Waals surface area contributed by atoms with Crippen LogP contribution in [0.15, 0.2) is 48.5 Å². The number of ether oxygens (including phenoxy) is 1. The number of benzene rings is 2. The van der Waals surface area contributed by atoms with Gasteiger partial charge in [-0.3, -0.25) is 0 Å². The first-order valence-electron chi connectivity index (χ1n) is 7.56. The average molecular weight is 300 g/mol. The number of piperidine rings is 1. The molecule has 2 N–H and O–H groups in total. The highest BCUT2D eigenvalue weighted by atomic mass is 19.1. The molecule has 0 aliphatic carbocycles. The molecule has 1 fully saturated rings. The van der Waals surface area contributed by atoms with E-state index in [9.17, 15) is 4.39 Å². The molecule has 0 spiro atoms. The minimum Gasteiger partial charge on any atom is -0.497 e. The SMILES string of the molecule is COc1ccc(C2CC(N)CN(c3ccc(F)cc3)C2)cc1. The number of hydrogen-bond donors (Lipinski definition) is 1. The van der Waals surface area contributed by atoms with Gasteiger partial charge in [0.15, 0.2) is 0 Å². The van der Waals surface area contributed by atoms with Crippen molar-refractivity contribution in [1.29, 1.82) is 0 Å². The summed E-state index contributed by atoms with van der Waals surface area (Å²) in [5.74, 6) is 1.02. The number of anilines is 1. The minimum atomic E-state index is -0.211. The Hall–Kier alpha value is -2.07. The molecule has 1 saturated heterocycles. The van der Waals surface area contributed by atoms with Crippen LogP contribution in [0.3, 0.4) is 0 Å². The van der Waals surface area contributed by atoms with Gasteiger partial charge in [-0.2, -0.15) is 0 Å². The molecule has 0 bridgehead atoms. The Morgan fingerprint density at radius 2 is 1.73 bits per heavy atom. The monoisotopic (exact) mass is 300 g/mol. The van der Waals surface area contributed by atoms with E-state index < -0.39 is 0 Å². The Morgan fingerprint density at radius 3 is 2.36 bits per heavy atom. The van der Waals surface area contributed by atoms with Crippen LogP contribution in [-0.4, -0.2) is 26.2 Å². The van der Waals surface area contributed by atoms with Crippen LogP contribution >= 0.6 is 0 Å². The number of nitrogens with zero attached hydrogens (tertiary/aromatic N) is 1. The van der Waals surface area contributed by atoms with E-state index in [1.165, 1.54) is 17.7 Å². The molecule has 0 amide bonds. The summed E-state index contributed by atoms with van der Waals surface area (Å²) in [5.41, 5.74) is 8.53. The summed E-state index contributed by atoms with van der Waals surface area (Å²) in [6.07, 6.45) is 0.962. The molecule has 1 aliphatic heterocycles. The second kappa shape index (κ2) is 6.36. The van der Waals surface area contributed by atoms with Gasteiger partial charge in [0.05, 0.1) is 7.11 Å². The Labute approximate surface area is 130 Å². The number of hydrogen-bond acceptors (Lipinski definition) is 3. The van der Waals surface area contributed by atoms with E-state index in [-0.39, 0.29) is 11.9 Å². The molecule has 3 rings (SSSR count). The highest BCUT2D eigenvalue weighted by Crippen LogP contribution is 2.30. The molecule has 2 aromatic carbocycles. The molecular formula is C18H21FN2O. The third-order valence-electron chi connectivity index (χ3n) is 4.26. The standard InChI is InChI=1S/C18H21FN2O/c1-22-18-8-2-13(3-9-18)14-10-16(20)12-21(11-14)17-6-4-15(19)5-7-17/h2-9,14,16H,10-12,20H2,1H3. The lowest BCUT2D eigenvalue weighted by Crippen LogP contribution is -2.46. The Bertz CT molecular complexity index is 612. The predicted molar refractivity (Wildman–Crippen MR) is 86.9 cm³/mol. The summed E-state index contributed by atoms with van der Waals surface area (Å²) in [4.78, 5) is 2.24. The molecule has 1 aliphatic rings. The van der Waals surface area contributed by atoms with Crippen molar-refractivity contribution in [2.45, 2.75) is 18.4 Å². The molecule has 2 aromatic rings. The van der Waals surface area contributed by atoms with Gasteiger partial charge in [0.1, 0.15) is 11.6 Å². The van der Waals surface area contributed by atoms with Crippen LogP contribution in [0.5, 0.6) is 5.75 Å². The average Bonchev–Trinajstić information content (AvgIpc) is 2.55. The molecule has 2 unspecified atom stereocenters. The van der Waals surface area contributed by atoms with Crippen LogP contribution in [-0.2, 0) is 0 Å². The number of nitrogens with two attached hydrogens (primary N) is 1. The van der Waals surface area contributed by atoms with Crippen LogP contribution in [0.2, 0.25) is 0 Å². The van der Waals surface area contributed by atoms with Gasteiger partial charge in [-0.25, -0.2) is 4.39 Å². The fraction of sp³-hybridized carbons (Fsp3) is 0.333. The summed E-state index contributed by atoms with van der Waals surface area (Å²) in [7, 11) is 1.67. The molecule has 0 saturated carbocycles. The van der Waals surface area contributed by atoms with Gasteiger partial charge in [-0.05, 0) is 48.4 Å². The zero-order chi connectivity index (χ0) is 15.5. The number of rotatable bonds is 3. The Balaban J connectivity index is 1.79. The van der Waals surface area contributed by atoms with Crippen LogP contribution in [0, 0.1) is 5.82 Å². The molecule has 22 heavy (non-hydrogen) atoms. The van der Waals surface area contributed by atoms with Gasteiger partial charge in [0, 0.05) is 30.7 Å². The third kappa shape index (κ3) is 3.22. The maximum Gasteiger partial charge on any atom is 0.123 e. The maximum atomic E-state index is 13.1. The molecule has 116 valence electrons. The first kappa shape index (κ1) is 14.9. The van der Waals surface area contributed by atoms with Crippen LogP contribution in [0.4, 0.5) is 10.1 Å². The van der Waals surface area contributed by atoms with Crippen molar-refractivity contribution in [3.8, 4) is 5.75 Å². The van der Waals surface area contributed by atoms with Crippen molar-refractivity contribution in [2.75, 3.05) is 25.1 Å². The number of methoxy groups -OCH3 is 1. The van der Waals surface area contributed by atoms with Crippen molar-refractivity contribution in [2.24, 2.45) is 5.73 Å². The van der Waals surface area contributed by atoms with Crippen molar-refractivity contribution in [3.05, 3.63) is 59.9 Å². The van der Waals surface area contributed by atoms with E-state index in [1.807, 2.05) is 24.3 Å². The summed E-state index contributed by atoms with van der Waals surface area (Å²) < 4.78 is 18.3. The molecule has 1 heterocycles. The van der Waals surface area contributed by atoms with Gasteiger partial charge in [-0.1, -0.05) is 12.1 Å². The second-order valence-corrected chi connectivity index (χ2v) is 5.85. The smallest absolute Gasteiger partial charge is 0.123 e. The molecule has 0 radical (unpaired) electrons. The summed E-state index contributed by atoms with van der Waals surface area (Å²) >= 11 is 0. The van der Waals surface area contributed by atoms with Gasteiger partial charge in [-0.15, -0.1) is 0 Å². The topological polar surface area (TPSA) is 38.5 Å². The summed E-state index contributed by atoms with van der Waals surface area (Å²) in [5, 5.41) is 0. The molecule has 2 atom stereocenters. The lowest BCUT2D eigenvalue weighted by molar-refractivity contribution is 0.413. The minimum absolute atomic E-state index is 0.117. The molecular weight excluding hydrogens is 279 g/mol.